The van der Waals surface area contributed by atoms with Crippen LogP contribution in [-0.4, -0.2) is 15.7 Å². The Labute approximate surface area is 187 Å². The SMILES string of the molecule is CC(C)(C(=O)N(Cc1ccccc1)c1ccccc1)n1nc(-c2ccccc2)ccc1=O. The average molecular weight is 424 g/mol. The lowest BCUT2D eigenvalue weighted by molar-refractivity contribution is -0.126. The van der Waals surface area contributed by atoms with E-state index in [-0.39, 0.29) is 11.5 Å². The van der Waals surface area contributed by atoms with E-state index in [0.717, 1.165) is 16.8 Å². The molecule has 0 aliphatic heterocycles. The number of nitrogens with zero attached hydrogens (tertiary/aromatic N) is 3. The van der Waals surface area contributed by atoms with Crippen LogP contribution in [0, 0.1) is 0 Å². The normalized spacial score (nSPS) is 11.2. The van der Waals surface area contributed by atoms with Crippen molar-refractivity contribution in [3.8, 4) is 11.3 Å². The molecule has 1 amide bonds. The first kappa shape index (κ1) is 21.2. The number of benzene rings is 3. The molecule has 0 unspecified atom stereocenters. The van der Waals surface area contributed by atoms with Crippen LogP contribution in [0.3, 0.4) is 0 Å². The van der Waals surface area contributed by atoms with Crippen molar-refractivity contribution >= 4 is 11.6 Å². The largest absolute Gasteiger partial charge is 0.306 e. The van der Waals surface area contributed by atoms with Crippen LogP contribution in [0.25, 0.3) is 11.3 Å². The quantitative estimate of drug-likeness (QED) is 0.444. The van der Waals surface area contributed by atoms with E-state index in [4.69, 9.17) is 0 Å². The third-order valence-electron chi connectivity index (χ3n) is 5.42. The molecule has 5 heteroatoms. The molecule has 0 N–H and O–H groups in total. The summed E-state index contributed by atoms with van der Waals surface area (Å²) < 4.78 is 1.29. The van der Waals surface area contributed by atoms with E-state index in [1.165, 1.54) is 10.7 Å². The number of amides is 1. The van der Waals surface area contributed by atoms with Crippen molar-refractivity contribution in [2.24, 2.45) is 0 Å². The first-order chi connectivity index (χ1) is 15.5. The molecule has 5 nitrogen and oxygen atoms in total. The van der Waals surface area contributed by atoms with E-state index < -0.39 is 5.54 Å². The molecule has 3 aromatic carbocycles. The summed E-state index contributed by atoms with van der Waals surface area (Å²) in [6.07, 6.45) is 0. The van der Waals surface area contributed by atoms with Crippen LogP contribution >= 0.6 is 0 Å². The van der Waals surface area contributed by atoms with Gasteiger partial charge in [-0.15, -0.1) is 0 Å². The van der Waals surface area contributed by atoms with E-state index in [2.05, 4.69) is 5.10 Å². The van der Waals surface area contributed by atoms with Gasteiger partial charge in [0.2, 0.25) is 0 Å². The van der Waals surface area contributed by atoms with E-state index in [0.29, 0.717) is 12.2 Å². The monoisotopic (exact) mass is 423 g/mol. The molecule has 0 spiro atoms. The number of para-hydroxylation sites is 1. The lowest BCUT2D eigenvalue weighted by atomic mass is 10.0. The smallest absolute Gasteiger partial charge is 0.267 e. The second kappa shape index (κ2) is 9.02. The van der Waals surface area contributed by atoms with Gasteiger partial charge in [-0.3, -0.25) is 9.59 Å². The van der Waals surface area contributed by atoms with Crippen LogP contribution < -0.4 is 10.5 Å². The Morgan fingerprint density at radius 1 is 0.812 bits per heavy atom. The zero-order chi connectivity index (χ0) is 22.6. The van der Waals surface area contributed by atoms with Gasteiger partial charge in [0.25, 0.3) is 11.5 Å². The van der Waals surface area contributed by atoms with Gasteiger partial charge in [0, 0.05) is 17.3 Å². The fourth-order valence-corrected chi connectivity index (χ4v) is 3.65. The van der Waals surface area contributed by atoms with E-state index in [1.807, 2.05) is 91.0 Å². The van der Waals surface area contributed by atoms with Crippen LogP contribution in [0.1, 0.15) is 19.4 Å². The standard InChI is InChI=1S/C27H25N3O2/c1-27(2,30-25(31)19-18-24(28-30)22-14-8-4-9-15-22)26(32)29(23-16-10-5-11-17-23)20-21-12-6-3-7-13-21/h3-19H,20H2,1-2H3. The molecule has 0 bridgehead atoms. The van der Waals surface area contributed by atoms with Gasteiger partial charge < -0.3 is 4.90 Å². The average Bonchev–Trinajstić information content (AvgIpc) is 2.84. The molecule has 1 heterocycles. The molecule has 0 radical (unpaired) electrons. The minimum atomic E-state index is -1.20. The summed E-state index contributed by atoms with van der Waals surface area (Å²) in [7, 11) is 0. The molecule has 4 rings (SSSR count). The van der Waals surface area contributed by atoms with Crippen LogP contribution in [0.4, 0.5) is 5.69 Å². The molecular formula is C27H25N3O2. The number of rotatable bonds is 6. The lowest BCUT2D eigenvalue weighted by Crippen LogP contribution is -2.51. The highest BCUT2D eigenvalue weighted by Crippen LogP contribution is 2.25. The van der Waals surface area contributed by atoms with E-state index in [9.17, 15) is 9.59 Å². The van der Waals surface area contributed by atoms with Crippen LogP contribution in [0.2, 0.25) is 0 Å². The van der Waals surface area contributed by atoms with Crippen molar-refractivity contribution < 1.29 is 4.79 Å². The van der Waals surface area contributed by atoms with Crippen LogP contribution in [0.5, 0.6) is 0 Å². The number of carbonyl (C=O) groups is 1. The maximum atomic E-state index is 13.9. The fourth-order valence-electron chi connectivity index (χ4n) is 3.65. The Morgan fingerprint density at radius 2 is 1.38 bits per heavy atom. The number of hydrogen-bond acceptors (Lipinski definition) is 3. The van der Waals surface area contributed by atoms with Crippen molar-refractivity contribution in [2.75, 3.05) is 4.90 Å². The van der Waals surface area contributed by atoms with Crippen molar-refractivity contribution in [2.45, 2.75) is 25.9 Å². The summed E-state index contributed by atoms with van der Waals surface area (Å²) in [5.41, 5.74) is 1.76. The molecule has 0 fully saturated rings. The Morgan fingerprint density at radius 3 is 2.00 bits per heavy atom. The first-order valence-electron chi connectivity index (χ1n) is 10.5. The maximum absolute atomic E-state index is 13.9. The second-order valence-electron chi connectivity index (χ2n) is 8.11. The van der Waals surface area contributed by atoms with Crippen LogP contribution in [0.15, 0.2) is 108 Å². The minimum Gasteiger partial charge on any atom is -0.306 e. The summed E-state index contributed by atoms with van der Waals surface area (Å²) in [4.78, 5) is 28.4. The number of hydrogen-bond donors (Lipinski definition) is 0. The summed E-state index contributed by atoms with van der Waals surface area (Å²) in [6, 6.07) is 32.1. The van der Waals surface area contributed by atoms with Gasteiger partial charge in [-0.2, -0.15) is 5.10 Å². The van der Waals surface area contributed by atoms with E-state index in [1.54, 1.807) is 24.8 Å². The van der Waals surface area contributed by atoms with Gasteiger partial charge >= 0.3 is 0 Å². The van der Waals surface area contributed by atoms with Crippen molar-refractivity contribution in [3.05, 3.63) is 119 Å². The molecule has 1 aromatic heterocycles. The molecule has 0 aliphatic carbocycles. The molecule has 0 saturated carbocycles. The molecule has 4 aromatic rings. The van der Waals surface area contributed by atoms with Gasteiger partial charge in [-0.05, 0) is 37.6 Å². The van der Waals surface area contributed by atoms with Gasteiger partial charge in [-0.25, -0.2) is 4.68 Å². The molecule has 0 saturated heterocycles. The molecule has 0 aliphatic rings. The highest BCUT2D eigenvalue weighted by molar-refractivity contribution is 5.98. The fraction of sp³-hybridized carbons (Fsp3) is 0.148. The summed E-state index contributed by atoms with van der Waals surface area (Å²) in [5, 5.41) is 4.58. The highest BCUT2D eigenvalue weighted by Gasteiger charge is 2.36. The second-order valence-corrected chi connectivity index (χ2v) is 8.11. The first-order valence-corrected chi connectivity index (χ1v) is 10.5. The Bertz CT molecular complexity index is 1250. The van der Waals surface area contributed by atoms with Crippen molar-refractivity contribution in [1.29, 1.82) is 0 Å². The molecule has 160 valence electrons. The van der Waals surface area contributed by atoms with Gasteiger partial charge in [-0.1, -0.05) is 78.9 Å². The lowest BCUT2D eigenvalue weighted by Gasteiger charge is -2.33. The van der Waals surface area contributed by atoms with Crippen molar-refractivity contribution in [1.82, 2.24) is 9.78 Å². The van der Waals surface area contributed by atoms with Gasteiger partial charge in [0.1, 0.15) is 5.54 Å². The maximum Gasteiger partial charge on any atom is 0.267 e. The Kier molecular flexibility index (Phi) is 5.99. The third-order valence-corrected chi connectivity index (χ3v) is 5.42. The van der Waals surface area contributed by atoms with Gasteiger partial charge in [0.05, 0.1) is 12.2 Å². The van der Waals surface area contributed by atoms with E-state index >= 15 is 0 Å². The molecule has 32 heavy (non-hydrogen) atoms. The minimum absolute atomic E-state index is 0.215. The molecular weight excluding hydrogens is 398 g/mol. The highest BCUT2D eigenvalue weighted by atomic mass is 16.2. The Balaban J connectivity index is 1.75. The summed E-state index contributed by atoms with van der Waals surface area (Å²) in [5.74, 6) is -0.215. The number of anilines is 1. The zero-order valence-corrected chi connectivity index (χ0v) is 18.2. The van der Waals surface area contributed by atoms with Crippen LogP contribution in [-0.2, 0) is 16.9 Å². The predicted molar refractivity (Wildman–Crippen MR) is 127 cm³/mol. The third kappa shape index (κ3) is 4.37. The topological polar surface area (TPSA) is 55.2 Å². The zero-order valence-electron chi connectivity index (χ0n) is 18.2. The predicted octanol–water partition coefficient (Wildman–Crippen LogP) is 4.88. The van der Waals surface area contributed by atoms with Crippen molar-refractivity contribution in [3.63, 3.8) is 0 Å². The van der Waals surface area contributed by atoms with Gasteiger partial charge in [0.15, 0.2) is 0 Å². The number of carbonyl (C=O) groups excluding carboxylic acids is 1. The Hall–Kier alpha value is -3.99. The molecule has 0 atom stereocenters. The summed E-state index contributed by atoms with van der Waals surface area (Å²) in [6.45, 7) is 3.86. The summed E-state index contributed by atoms with van der Waals surface area (Å²) >= 11 is 0. The number of aromatic nitrogens is 2.